The van der Waals surface area contributed by atoms with Crippen molar-refractivity contribution in [2.45, 2.75) is 19.8 Å². The molecule has 1 amide bonds. The molecule has 2 rings (SSSR count). The molecule has 0 spiro atoms. The number of carbonyl (C=O) groups excluding carboxylic acids is 1. The maximum Gasteiger partial charge on any atom is 0.257 e. The van der Waals surface area contributed by atoms with Crippen LogP contribution >= 0.6 is 0 Å². The second kappa shape index (κ2) is 8.83. The van der Waals surface area contributed by atoms with Crippen molar-refractivity contribution in [3.8, 4) is 11.5 Å². The molecule has 2 aromatic rings. The Kier molecular flexibility index (Phi) is 6.48. The van der Waals surface area contributed by atoms with E-state index in [0.29, 0.717) is 6.54 Å². The number of nitrogens with one attached hydrogen (secondary N) is 1. The van der Waals surface area contributed by atoms with Crippen molar-refractivity contribution in [1.82, 2.24) is 5.32 Å². The number of methoxy groups -OCH3 is 1. The van der Waals surface area contributed by atoms with Gasteiger partial charge in [0.1, 0.15) is 11.5 Å². The van der Waals surface area contributed by atoms with Gasteiger partial charge in [-0.25, -0.2) is 0 Å². The number of ether oxygens (including phenoxy) is 2. The van der Waals surface area contributed by atoms with Gasteiger partial charge in [-0.3, -0.25) is 4.79 Å². The summed E-state index contributed by atoms with van der Waals surface area (Å²) in [6, 6.07) is 15.6. The van der Waals surface area contributed by atoms with Gasteiger partial charge in [0, 0.05) is 6.54 Å². The van der Waals surface area contributed by atoms with E-state index in [4.69, 9.17) is 9.47 Å². The zero-order valence-electron chi connectivity index (χ0n) is 13.7. The lowest BCUT2D eigenvalue weighted by atomic mass is 10.1. The van der Waals surface area contributed by atoms with Crippen LogP contribution in [-0.4, -0.2) is 26.2 Å². The molecule has 0 aromatic heterocycles. The molecule has 0 saturated heterocycles. The highest BCUT2D eigenvalue weighted by atomic mass is 16.5. The van der Waals surface area contributed by atoms with Crippen LogP contribution in [-0.2, 0) is 17.6 Å². The normalized spacial score (nSPS) is 10.2. The molecule has 4 heteroatoms. The largest absolute Gasteiger partial charge is 0.496 e. The molecule has 0 saturated carbocycles. The van der Waals surface area contributed by atoms with Crippen LogP contribution in [0.15, 0.2) is 48.5 Å². The Morgan fingerprint density at radius 1 is 1.13 bits per heavy atom. The first-order chi connectivity index (χ1) is 11.2. The second-order valence-corrected chi connectivity index (χ2v) is 5.20. The van der Waals surface area contributed by atoms with Gasteiger partial charge in [-0.2, -0.15) is 0 Å². The fraction of sp³-hybridized carbons (Fsp3) is 0.316. The molecule has 0 aliphatic heterocycles. The summed E-state index contributed by atoms with van der Waals surface area (Å²) in [5.74, 6) is 1.44. The lowest BCUT2D eigenvalue weighted by Gasteiger charge is -2.10. The van der Waals surface area contributed by atoms with E-state index in [2.05, 4.69) is 12.2 Å². The molecular formula is C19H23NO3. The van der Waals surface area contributed by atoms with E-state index in [9.17, 15) is 4.79 Å². The number of hydrogen-bond acceptors (Lipinski definition) is 3. The standard InChI is InChI=1S/C19H23NO3/c1-3-15-7-6-9-17(13-15)23-14-19(21)20-12-11-16-8-4-5-10-18(16)22-2/h4-10,13H,3,11-12,14H2,1-2H3,(H,20,21). The van der Waals surface area contributed by atoms with Gasteiger partial charge >= 0.3 is 0 Å². The summed E-state index contributed by atoms with van der Waals surface area (Å²) in [6.45, 7) is 2.67. The third kappa shape index (κ3) is 5.33. The zero-order valence-corrected chi connectivity index (χ0v) is 13.7. The molecule has 0 radical (unpaired) electrons. The molecule has 0 fully saturated rings. The van der Waals surface area contributed by atoms with Gasteiger partial charge in [0.05, 0.1) is 7.11 Å². The summed E-state index contributed by atoms with van der Waals surface area (Å²) >= 11 is 0. The summed E-state index contributed by atoms with van der Waals surface area (Å²) < 4.78 is 10.8. The molecule has 0 atom stereocenters. The summed E-state index contributed by atoms with van der Waals surface area (Å²) in [4.78, 5) is 11.8. The Morgan fingerprint density at radius 3 is 2.74 bits per heavy atom. The lowest BCUT2D eigenvalue weighted by Crippen LogP contribution is -2.30. The van der Waals surface area contributed by atoms with Crippen molar-refractivity contribution in [2.75, 3.05) is 20.3 Å². The van der Waals surface area contributed by atoms with E-state index in [1.165, 1.54) is 5.56 Å². The fourth-order valence-corrected chi connectivity index (χ4v) is 2.30. The minimum Gasteiger partial charge on any atom is -0.496 e. The number of hydrogen-bond donors (Lipinski definition) is 1. The number of aryl methyl sites for hydroxylation is 1. The van der Waals surface area contributed by atoms with E-state index in [1.54, 1.807) is 7.11 Å². The summed E-state index contributed by atoms with van der Waals surface area (Å²) in [6.07, 6.45) is 1.67. The first-order valence-corrected chi connectivity index (χ1v) is 7.83. The minimum atomic E-state index is -0.123. The third-order valence-electron chi connectivity index (χ3n) is 3.59. The number of para-hydroxylation sites is 1. The van der Waals surface area contributed by atoms with Crippen molar-refractivity contribution in [1.29, 1.82) is 0 Å². The van der Waals surface area contributed by atoms with Crippen molar-refractivity contribution < 1.29 is 14.3 Å². The number of benzene rings is 2. The van der Waals surface area contributed by atoms with Crippen LogP contribution in [0.4, 0.5) is 0 Å². The smallest absolute Gasteiger partial charge is 0.257 e. The predicted molar refractivity (Wildman–Crippen MR) is 91.0 cm³/mol. The number of rotatable bonds is 8. The van der Waals surface area contributed by atoms with Crippen molar-refractivity contribution in [2.24, 2.45) is 0 Å². The van der Waals surface area contributed by atoms with Gasteiger partial charge in [0.15, 0.2) is 6.61 Å². The Morgan fingerprint density at radius 2 is 1.96 bits per heavy atom. The molecule has 0 aliphatic rings. The summed E-state index contributed by atoms with van der Waals surface area (Å²) in [5, 5.41) is 2.86. The van der Waals surface area contributed by atoms with Crippen molar-refractivity contribution in [3.05, 3.63) is 59.7 Å². The highest BCUT2D eigenvalue weighted by Crippen LogP contribution is 2.17. The van der Waals surface area contributed by atoms with Gasteiger partial charge in [0.2, 0.25) is 0 Å². The minimum absolute atomic E-state index is 0.0269. The van der Waals surface area contributed by atoms with Gasteiger partial charge in [-0.05, 0) is 42.2 Å². The first kappa shape index (κ1) is 16.9. The molecule has 122 valence electrons. The molecule has 0 bridgehead atoms. The molecule has 1 N–H and O–H groups in total. The molecule has 23 heavy (non-hydrogen) atoms. The Labute approximate surface area is 137 Å². The van der Waals surface area contributed by atoms with E-state index in [0.717, 1.165) is 29.9 Å². The highest BCUT2D eigenvalue weighted by molar-refractivity contribution is 5.77. The number of carbonyl (C=O) groups is 1. The zero-order chi connectivity index (χ0) is 16.5. The van der Waals surface area contributed by atoms with Crippen LogP contribution in [0.2, 0.25) is 0 Å². The van der Waals surface area contributed by atoms with E-state index >= 15 is 0 Å². The van der Waals surface area contributed by atoms with Crippen molar-refractivity contribution in [3.63, 3.8) is 0 Å². The molecule has 0 aliphatic carbocycles. The van der Waals surface area contributed by atoms with Crippen LogP contribution in [0, 0.1) is 0 Å². The molecule has 0 heterocycles. The van der Waals surface area contributed by atoms with Crippen LogP contribution in [0.25, 0.3) is 0 Å². The predicted octanol–water partition coefficient (Wildman–Crippen LogP) is 3.00. The molecule has 4 nitrogen and oxygen atoms in total. The average Bonchev–Trinajstić information content (AvgIpc) is 2.60. The van der Waals surface area contributed by atoms with Gasteiger partial charge in [-0.1, -0.05) is 37.3 Å². The van der Waals surface area contributed by atoms with Gasteiger partial charge in [0.25, 0.3) is 5.91 Å². The van der Waals surface area contributed by atoms with E-state index in [1.807, 2.05) is 48.5 Å². The first-order valence-electron chi connectivity index (χ1n) is 7.83. The third-order valence-corrected chi connectivity index (χ3v) is 3.59. The Hall–Kier alpha value is -2.49. The van der Waals surface area contributed by atoms with E-state index in [-0.39, 0.29) is 12.5 Å². The van der Waals surface area contributed by atoms with Gasteiger partial charge < -0.3 is 14.8 Å². The molecule has 2 aromatic carbocycles. The molecule has 0 unspecified atom stereocenters. The summed E-state index contributed by atoms with van der Waals surface area (Å²) in [5.41, 5.74) is 2.27. The second-order valence-electron chi connectivity index (χ2n) is 5.20. The fourth-order valence-electron chi connectivity index (χ4n) is 2.30. The average molecular weight is 313 g/mol. The lowest BCUT2D eigenvalue weighted by molar-refractivity contribution is -0.123. The number of amides is 1. The maximum absolute atomic E-state index is 11.8. The Balaban J connectivity index is 1.74. The topological polar surface area (TPSA) is 47.6 Å². The van der Waals surface area contributed by atoms with Crippen LogP contribution in [0.1, 0.15) is 18.1 Å². The van der Waals surface area contributed by atoms with Crippen molar-refractivity contribution >= 4 is 5.91 Å². The molecular weight excluding hydrogens is 290 g/mol. The monoisotopic (exact) mass is 313 g/mol. The maximum atomic E-state index is 11.8. The Bertz CT molecular complexity index is 640. The van der Waals surface area contributed by atoms with Crippen LogP contribution in [0.3, 0.4) is 0 Å². The van der Waals surface area contributed by atoms with Gasteiger partial charge in [-0.15, -0.1) is 0 Å². The summed E-state index contributed by atoms with van der Waals surface area (Å²) in [7, 11) is 1.65. The van der Waals surface area contributed by atoms with E-state index < -0.39 is 0 Å². The SMILES string of the molecule is CCc1cccc(OCC(=O)NCCc2ccccc2OC)c1. The quantitative estimate of drug-likeness (QED) is 0.815. The van der Waals surface area contributed by atoms with Crippen LogP contribution in [0.5, 0.6) is 11.5 Å². The van der Waals surface area contributed by atoms with Crippen LogP contribution < -0.4 is 14.8 Å². The highest BCUT2D eigenvalue weighted by Gasteiger charge is 2.05.